The van der Waals surface area contributed by atoms with Crippen molar-refractivity contribution in [3.63, 3.8) is 0 Å². The first-order valence-corrected chi connectivity index (χ1v) is 10.4. The molecule has 0 atom stereocenters. The van der Waals surface area contributed by atoms with Crippen LogP contribution in [0.25, 0.3) is 17.0 Å². The molecule has 1 N–H and O–H groups in total. The quantitative estimate of drug-likeness (QED) is 0.417. The molecule has 34 heavy (non-hydrogen) atoms. The summed E-state index contributed by atoms with van der Waals surface area (Å²) < 4.78 is 43.7. The molecule has 1 aliphatic heterocycles. The zero-order chi connectivity index (χ0) is 23.7. The minimum atomic E-state index is -4.36. The number of hydrogen-bond donors (Lipinski definition) is 1. The zero-order valence-electron chi connectivity index (χ0n) is 18.0. The first-order chi connectivity index (χ1) is 16.4. The Hall–Kier alpha value is -4.22. The van der Waals surface area contributed by atoms with Gasteiger partial charge in [0.1, 0.15) is 5.69 Å². The second-order valence-electron chi connectivity index (χ2n) is 7.60. The summed E-state index contributed by atoms with van der Waals surface area (Å²) in [7, 11) is 0. The highest BCUT2D eigenvalue weighted by atomic mass is 19.4. The van der Waals surface area contributed by atoms with Gasteiger partial charge in [0.2, 0.25) is 0 Å². The number of aromatic nitrogens is 7. The van der Waals surface area contributed by atoms with Crippen LogP contribution in [0, 0.1) is 6.92 Å². The molecule has 0 fully saturated rings. The third kappa shape index (κ3) is 4.21. The standard InChI is InChI=1S/C14H14N6O.C8H5F3N2/c1-9-10(3-2-5-15-9)13-18-19-14(21-13)20-6-4-11-12(7-20)17-8-16-11;9-8(10,11)7-3-1-2-6-4-5-12-13(6)7/h2-3,5,8H,4,6-7H2,1H3,(H,16,17);1-5H. The molecule has 6 rings (SSSR count). The van der Waals surface area contributed by atoms with Crippen molar-refractivity contribution >= 4 is 11.5 Å². The number of rotatable bonds is 2. The molecule has 0 aliphatic carbocycles. The van der Waals surface area contributed by atoms with Crippen LogP contribution in [0.5, 0.6) is 0 Å². The van der Waals surface area contributed by atoms with E-state index in [0.717, 1.165) is 46.2 Å². The predicted molar refractivity (Wildman–Crippen MR) is 116 cm³/mol. The average molecular weight is 468 g/mol. The number of alkyl halides is 3. The van der Waals surface area contributed by atoms with Crippen molar-refractivity contribution in [3.05, 3.63) is 77.9 Å². The summed E-state index contributed by atoms with van der Waals surface area (Å²) in [5.41, 5.74) is 3.66. The van der Waals surface area contributed by atoms with Crippen molar-refractivity contribution in [1.82, 2.24) is 34.8 Å². The molecule has 0 amide bonds. The second-order valence-corrected chi connectivity index (χ2v) is 7.60. The third-order valence-corrected chi connectivity index (χ3v) is 5.41. The van der Waals surface area contributed by atoms with E-state index in [0.29, 0.717) is 24.0 Å². The lowest BCUT2D eigenvalue weighted by Gasteiger charge is -2.23. The molecule has 12 heteroatoms. The number of aromatic amines is 1. The van der Waals surface area contributed by atoms with Crippen molar-refractivity contribution in [2.75, 3.05) is 11.4 Å². The number of nitrogens with zero attached hydrogens (tertiary/aromatic N) is 7. The first kappa shape index (κ1) is 21.6. The van der Waals surface area contributed by atoms with E-state index in [4.69, 9.17) is 4.42 Å². The maximum absolute atomic E-state index is 12.3. The van der Waals surface area contributed by atoms with E-state index in [2.05, 4.69) is 35.1 Å². The summed E-state index contributed by atoms with van der Waals surface area (Å²) in [6, 6.07) is 9.79. The third-order valence-electron chi connectivity index (χ3n) is 5.41. The highest BCUT2D eigenvalue weighted by molar-refractivity contribution is 5.56. The molecule has 9 nitrogen and oxygen atoms in total. The Kier molecular flexibility index (Phi) is 5.48. The summed E-state index contributed by atoms with van der Waals surface area (Å²) in [6.07, 6.45) is 1.34. The maximum Gasteiger partial charge on any atom is 0.433 e. The van der Waals surface area contributed by atoms with Gasteiger partial charge in [0.05, 0.1) is 35.3 Å². The lowest BCUT2D eigenvalue weighted by molar-refractivity contribution is -0.142. The summed E-state index contributed by atoms with van der Waals surface area (Å²) in [5.74, 6) is 0.506. The van der Waals surface area contributed by atoms with Crippen LogP contribution in [-0.2, 0) is 19.1 Å². The summed E-state index contributed by atoms with van der Waals surface area (Å²) in [6.45, 7) is 3.46. The topological polar surface area (TPSA) is 101 Å². The van der Waals surface area contributed by atoms with Crippen molar-refractivity contribution in [2.24, 2.45) is 0 Å². The number of aryl methyl sites for hydroxylation is 1. The molecule has 174 valence electrons. The molecule has 0 unspecified atom stereocenters. The van der Waals surface area contributed by atoms with E-state index in [1.807, 2.05) is 19.1 Å². The predicted octanol–water partition coefficient (Wildman–Crippen LogP) is 4.08. The van der Waals surface area contributed by atoms with Crippen LogP contribution in [0.3, 0.4) is 0 Å². The molecule has 5 aromatic heterocycles. The second kappa shape index (κ2) is 8.61. The Bertz CT molecular complexity index is 1420. The molecule has 0 spiro atoms. The van der Waals surface area contributed by atoms with E-state index in [1.165, 1.54) is 18.3 Å². The smallest absolute Gasteiger partial charge is 0.403 e. The molecule has 6 heterocycles. The van der Waals surface area contributed by atoms with Crippen molar-refractivity contribution in [1.29, 1.82) is 0 Å². The van der Waals surface area contributed by atoms with E-state index < -0.39 is 11.9 Å². The van der Waals surface area contributed by atoms with Crippen LogP contribution in [0.4, 0.5) is 19.2 Å². The molecule has 0 radical (unpaired) electrons. The molecule has 0 saturated heterocycles. The number of anilines is 1. The highest BCUT2D eigenvalue weighted by Crippen LogP contribution is 2.29. The van der Waals surface area contributed by atoms with Gasteiger partial charge in [-0.3, -0.25) is 4.98 Å². The molecule has 0 aromatic carbocycles. The lowest BCUT2D eigenvalue weighted by Crippen LogP contribution is -2.30. The fourth-order valence-corrected chi connectivity index (χ4v) is 3.70. The number of hydrogen-bond acceptors (Lipinski definition) is 7. The van der Waals surface area contributed by atoms with Crippen LogP contribution in [0.1, 0.15) is 22.8 Å². The van der Waals surface area contributed by atoms with Gasteiger partial charge in [0.15, 0.2) is 0 Å². The maximum atomic E-state index is 12.3. The molecular formula is C22H19F3N8O. The van der Waals surface area contributed by atoms with Crippen molar-refractivity contribution in [3.8, 4) is 11.5 Å². The number of H-pyrrole nitrogens is 1. The van der Waals surface area contributed by atoms with Crippen LogP contribution < -0.4 is 4.90 Å². The molecule has 1 aliphatic rings. The van der Waals surface area contributed by atoms with Crippen molar-refractivity contribution < 1.29 is 17.6 Å². The van der Waals surface area contributed by atoms with Gasteiger partial charge in [-0.05, 0) is 37.3 Å². The summed E-state index contributed by atoms with van der Waals surface area (Å²) in [5, 5.41) is 11.9. The van der Waals surface area contributed by atoms with Gasteiger partial charge < -0.3 is 14.3 Å². The Balaban J connectivity index is 0.000000159. The zero-order valence-corrected chi connectivity index (χ0v) is 18.0. The van der Waals surface area contributed by atoms with Gasteiger partial charge in [0, 0.05) is 31.1 Å². The molecule has 0 saturated carbocycles. The van der Waals surface area contributed by atoms with E-state index >= 15 is 0 Å². The van der Waals surface area contributed by atoms with Gasteiger partial charge in [-0.1, -0.05) is 11.2 Å². The van der Waals surface area contributed by atoms with Gasteiger partial charge in [-0.25, -0.2) is 9.50 Å². The monoisotopic (exact) mass is 468 g/mol. The first-order valence-electron chi connectivity index (χ1n) is 10.4. The number of imidazole rings is 1. The van der Waals surface area contributed by atoms with Gasteiger partial charge in [-0.15, -0.1) is 5.10 Å². The number of halogens is 3. The lowest BCUT2D eigenvalue weighted by atomic mass is 10.1. The van der Waals surface area contributed by atoms with Crippen LogP contribution >= 0.6 is 0 Å². The minimum Gasteiger partial charge on any atom is -0.403 e. The van der Waals surface area contributed by atoms with Crippen LogP contribution in [-0.4, -0.2) is 41.3 Å². The molecular weight excluding hydrogens is 449 g/mol. The Morgan fingerprint density at radius 3 is 2.74 bits per heavy atom. The summed E-state index contributed by atoms with van der Waals surface area (Å²) in [4.78, 5) is 13.7. The van der Waals surface area contributed by atoms with Crippen LogP contribution in [0.2, 0.25) is 0 Å². The minimum absolute atomic E-state index is 0.440. The van der Waals surface area contributed by atoms with Gasteiger partial charge in [-0.2, -0.15) is 18.3 Å². The fourth-order valence-electron chi connectivity index (χ4n) is 3.70. The SMILES string of the molecule is Cc1ncccc1-c1nnc(N2CCc3nc[nH]c3C2)o1.FC(F)(F)c1cccc2ccnn12. The van der Waals surface area contributed by atoms with E-state index in [1.54, 1.807) is 18.6 Å². The Morgan fingerprint density at radius 2 is 1.91 bits per heavy atom. The molecule has 5 aromatic rings. The Morgan fingerprint density at radius 1 is 1.03 bits per heavy atom. The van der Waals surface area contributed by atoms with Gasteiger partial charge in [0.25, 0.3) is 5.89 Å². The highest BCUT2D eigenvalue weighted by Gasteiger charge is 2.33. The number of nitrogens with one attached hydrogen (secondary N) is 1. The fraction of sp³-hybridized carbons (Fsp3) is 0.227. The van der Waals surface area contributed by atoms with Crippen LogP contribution in [0.15, 0.2) is 59.5 Å². The van der Waals surface area contributed by atoms with Gasteiger partial charge >= 0.3 is 12.2 Å². The van der Waals surface area contributed by atoms with E-state index in [-0.39, 0.29) is 0 Å². The number of pyridine rings is 2. The van der Waals surface area contributed by atoms with E-state index in [9.17, 15) is 13.2 Å². The largest absolute Gasteiger partial charge is 0.433 e. The number of fused-ring (bicyclic) bond motifs is 2. The summed E-state index contributed by atoms with van der Waals surface area (Å²) >= 11 is 0. The normalized spacial score (nSPS) is 13.5. The van der Waals surface area contributed by atoms with Crippen molar-refractivity contribution in [2.45, 2.75) is 26.1 Å². The average Bonchev–Trinajstić information content (AvgIpc) is 3.58. The molecule has 0 bridgehead atoms. The Labute approximate surface area is 191 Å².